The molecule has 0 amide bonds. The van der Waals surface area contributed by atoms with Crippen molar-refractivity contribution in [3.05, 3.63) is 58.4 Å². The van der Waals surface area contributed by atoms with Crippen LogP contribution >= 0.6 is 0 Å². The summed E-state index contributed by atoms with van der Waals surface area (Å²) in [6.45, 7) is 5.28. The fourth-order valence-electron chi connectivity index (χ4n) is 4.82. The number of H-pyrrole nitrogens is 1. The minimum atomic E-state index is -0.0511. The highest BCUT2D eigenvalue weighted by Gasteiger charge is 2.49. The van der Waals surface area contributed by atoms with Crippen LogP contribution in [0.15, 0.2) is 47.3 Å². The van der Waals surface area contributed by atoms with Crippen LogP contribution in [0.25, 0.3) is 0 Å². The van der Waals surface area contributed by atoms with Crippen LogP contribution in [0.5, 0.6) is 0 Å². The van der Waals surface area contributed by atoms with Crippen molar-refractivity contribution in [2.24, 2.45) is 11.8 Å². The van der Waals surface area contributed by atoms with Crippen molar-refractivity contribution in [2.75, 3.05) is 36.1 Å². The summed E-state index contributed by atoms with van der Waals surface area (Å²) in [6.07, 6.45) is 0.935. The van der Waals surface area contributed by atoms with Gasteiger partial charge in [0.1, 0.15) is 5.82 Å². The minimum Gasteiger partial charge on any atom is -0.378 e. The number of nitrogens with zero attached hydrogens (tertiary/aromatic N) is 2. The third kappa shape index (κ3) is 2.98. The zero-order valence-corrected chi connectivity index (χ0v) is 16.1. The highest BCUT2D eigenvalue weighted by Crippen LogP contribution is 2.42. The van der Waals surface area contributed by atoms with Gasteiger partial charge in [0.15, 0.2) is 0 Å². The van der Waals surface area contributed by atoms with Crippen LogP contribution in [-0.2, 0) is 11.2 Å². The van der Waals surface area contributed by atoms with E-state index in [1.165, 1.54) is 5.56 Å². The summed E-state index contributed by atoms with van der Waals surface area (Å²) in [7, 11) is 0. The van der Waals surface area contributed by atoms with E-state index in [9.17, 15) is 4.79 Å². The lowest BCUT2D eigenvalue weighted by Gasteiger charge is -2.33. The molecule has 0 radical (unpaired) electrons. The quantitative estimate of drug-likeness (QED) is 0.833. The van der Waals surface area contributed by atoms with Crippen LogP contribution < -0.4 is 15.4 Å². The van der Waals surface area contributed by atoms with Gasteiger partial charge >= 0.3 is 0 Å². The summed E-state index contributed by atoms with van der Waals surface area (Å²) in [5.74, 6) is 8.39. The van der Waals surface area contributed by atoms with E-state index in [4.69, 9.17) is 4.74 Å². The fraction of sp³-hybridized carbons (Fsp3) is 0.435. The van der Waals surface area contributed by atoms with Gasteiger partial charge in [-0.1, -0.05) is 42.2 Å². The number of aromatic nitrogens is 1. The van der Waals surface area contributed by atoms with E-state index in [1.807, 2.05) is 6.07 Å². The summed E-state index contributed by atoms with van der Waals surface area (Å²) >= 11 is 0. The number of hydrogen-bond donors (Lipinski definition) is 1. The molecular weight excluding hydrogens is 350 g/mol. The number of ether oxygens (including phenoxy) is 1. The summed E-state index contributed by atoms with van der Waals surface area (Å²) in [4.78, 5) is 20.2. The standard InChI is InChI=1S/C23H25N3O2/c1-16-19-7-8-20(19)21(13-17-5-3-2-4-6-17)26(16)22-14-18(15-23(27)24-22)25-9-11-28-12-10-25/h2-6,14-16,19-21H,9-13H2,1H3,(H,24,27)/t16-,19+,20+,21-/m1/s1. The van der Waals surface area contributed by atoms with Crippen molar-refractivity contribution in [1.29, 1.82) is 0 Å². The predicted octanol–water partition coefficient (Wildman–Crippen LogP) is 2.28. The number of pyridine rings is 1. The Labute approximate surface area is 165 Å². The van der Waals surface area contributed by atoms with E-state index in [1.54, 1.807) is 6.07 Å². The molecule has 4 atom stereocenters. The predicted molar refractivity (Wildman–Crippen MR) is 111 cm³/mol. The van der Waals surface area contributed by atoms with Gasteiger partial charge in [-0.05, 0) is 18.9 Å². The third-order valence-corrected chi connectivity index (χ3v) is 6.29. The number of anilines is 2. The lowest BCUT2D eigenvalue weighted by atomic mass is 9.80. The van der Waals surface area contributed by atoms with Crippen molar-refractivity contribution in [3.63, 3.8) is 0 Å². The number of nitrogens with one attached hydrogen (secondary N) is 1. The van der Waals surface area contributed by atoms with Crippen LogP contribution in [0.2, 0.25) is 0 Å². The van der Waals surface area contributed by atoms with E-state index in [0.29, 0.717) is 25.0 Å². The molecule has 3 aliphatic rings. The first-order valence-electron chi connectivity index (χ1n) is 10.1. The molecule has 1 aliphatic carbocycles. The molecule has 5 nitrogen and oxygen atoms in total. The Hall–Kier alpha value is -2.71. The molecule has 5 heteroatoms. The van der Waals surface area contributed by atoms with Gasteiger partial charge < -0.3 is 19.5 Å². The first kappa shape index (κ1) is 17.4. The molecule has 1 N–H and O–H groups in total. The van der Waals surface area contributed by atoms with Crippen LogP contribution in [0, 0.1) is 23.7 Å². The van der Waals surface area contributed by atoms with Crippen molar-refractivity contribution < 1.29 is 4.74 Å². The largest absolute Gasteiger partial charge is 0.378 e. The molecule has 0 saturated carbocycles. The molecule has 1 aromatic heterocycles. The smallest absolute Gasteiger partial charge is 0.251 e. The number of morpholine rings is 1. The van der Waals surface area contributed by atoms with Crippen LogP contribution in [0.1, 0.15) is 12.5 Å². The normalized spacial score (nSPS) is 28.3. The van der Waals surface area contributed by atoms with Crippen LogP contribution in [-0.4, -0.2) is 43.4 Å². The second-order valence-electron chi connectivity index (χ2n) is 7.93. The van der Waals surface area contributed by atoms with Gasteiger partial charge in [-0.15, -0.1) is 0 Å². The maximum atomic E-state index is 12.5. The van der Waals surface area contributed by atoms with E-state index in [-0.39, 0.29) is 17.6 Å². The van der Waals surface area contributed by atoms with Crippen molar-refractivity contribution >= 4 is 11.5 Å². The molecule has 144 valence electrons. The molecule has 0 bridgehead atoms. The van der Waals surface area contributed by atoms with Gasteiger partial charge in [0.25, 0.3) is 5.56 Å². The Bertz CT molecular complexity index is 969. The maximum absolute atomic E-state index is 12.5. The Morgan fingerprint density at radius 1 is 1.11 bits per heavy atom. The molecule has 1 aromatic carbocycles. The molecule has 2 fully saturated rings. The number of fused-ring (bicyclic) bond motifs is 1. The number of hydrogen-bond acceptors (Lipinski definition) is 4. The average Bonchev–Trinajstić information content (AvgIpc) is 2.86. The lowest BCUT2D eigenvalue weighted by Crippen LogP contribution is -2.40. The molecule has 5 rings (SSSR count). The second kappa shape index (κ2) is 7.03. The highest BCUT2D eigenvalue weighted by atomic mass is 16.5. The minimum absolute atomic E-state index is 0.0511. The van der Waals surface area contributed by atoms with E-state index < -0.39 is 0 Å². The topological polar surface area (TPSA) is 48.6 Å². The number of aromatic amines is 1. The van der Waals surface area contributed by atoms with Crippen LogP contribution in [0.4, 0.5) is 11.5 Å². The summed E-state index contributed by atoms with van der Waals surface area (Å²) in [6, 6.07) is 15.0. The first-order chi connectivity index (χ1) is 13.7. The van der Waals surface area contributed by atoms with Crippen LogP contribution in [0.3, 0.4) is 0 Å². The van der Waals surface area contributed by atoms with E-state index in [0.717, 1.165) is 31.0 Å². The van der Waals surface area contributed by atoms with Gasteiger partial charge in [0.05, 0.1) is 25.0 Å². The monoisotopic (exact) mass is 375 g/mol. The molecule has 2 aromatic rings. The molecule has 2 aliphatic heterocycles. The SMILES string of the molecule is C[C@@H]1[C@@H]2C#C[C@@H]2[C@@H](Cc2ccccc2)N1c1cc(N2CCOCC2)cc(=O)[nH]1. The van der Waals surface area contributed by atoms with E-state index >= 15 is 0 Å². The zero-order valence-electron chi connectivity index (χ0n) is 16.1. The molecule has 2 saturated heterocycles. The van der Waals surface area contributed by atoms with Crippen molar-refractivity contribution in [1.82, 2.24) is 4.98 Å². The second-order valence-corrected chi connectivity index (χ2v) is 7.93. The Morgan fingerprint density at radius 3 is 2.57 bits per heavy atom. The summed E-state index contributed by atoms with van der Waals surface area (Å²) < 4.78 is 5.46. The van der Waals surface area contributed by atoms with Gasteiger partial charge in [-0.2, -0.15) is 0 Å². The third-order valence-electron chi connectivity index (χ3n) is 6.29. The molecule has 3 heterocycles. The summed E-state index contributed by atoms with van der Waals surface area (Å²) in [5, 5.41) is 0. The Balaban J connectivity index is 1.49. The average molecular weight is 375 g/mol. The van der Waals surface area contributed by atoms with Crippen molar-refractivity contribution in [3.8, 4) is 11.8 Å². The molecule has 0 unspecified atom stereocenters. The van der Waals surface area contributed by atoms with Gasteiger partial charge in [-0.25, -0.2) is 0 Å². The maximum Gasteiger partial charge on any atom is 0.251 e. The summed E-state index contributed by atoms with van der Waals surface area (Å²) in [5.41, 5.74) is 2.24. The fourth-order valence-corrected chi connectivity index (χ4v) is 4.82. The number of benzene rings is 1. The molecule has 28 heavy (non-hydrogen) atoms. The first-order valence-corrected chi connectivity index (χ1v) is 10.1. The zero-order chi connectivity index (χ0) is 19.1. The van der Waals surface area contributed by atoms with E-state index in [2.05, 4.69) is 63.9 Å². The molecular formula is C23H25N3O2. The Morgan fingerprint density at radius 2 is 1.86 bits per heavy atom. The highest BCUT2D eigenvalue weighted by molar-refractivity contribution is 5.58. The lowest BCUT2D eigenvalue weighted by molar-refractivity contribution is 0.122. The van der Waals surface area contributed by atoms with Gasteiger partial charge in [-0.3, -0.25) is 4.79 Å². The van der Waals surface area contributed by atoms with Gasteiger partial charge in [0.2, 0.25) is 0 Å². The van der Waals surface area contributed by atoms with Gasteiger partial charge in [0, 0.05) is 43.0 Å². The number of rotatable bonds is 4. The molecule has 0 spiro atoms. The van der Waals surface area contributed by atoms with Crippen molar-refractivity contribution in [2.45, 2.75) is 25.4 Å². The Kier molecular flexibility index (Phi) is 4.37.